The van der Waals surface area contributed by atoms with Crippen molar-refractivity contribution in [3.8, 4) is 11.4 Å². The molecular weight excluding hydrogens is 415 g/mol. The average Bonchev–Trinajstić information content (AvgIpc) is 3.15. The molecule has 0 saturated carbocycles. The first-order valence-corrected chi connectivity index (χ1v) is 10.00. The number of pyridine rings is 1. The Morgan fingerprint density at radius 2 is 1.83 bits per heavy atom. The maximum Gasteiger partial charge on any atom is 0.416 e. The first kappa shape index (κ1) is 20.1. The van der Waals surface area contributed by atoms with Gasteiger partial charge in [0.2, 0.25) is 0 Å². The molecule has 1 aromatic carbocycles. The Balaban J connectivity index is 1.45. The first-order chi connectivity index (χ1) is 14.3. The van der Waals surface area contributed by atoms with Crippen LogP contribution in [0.3, 0.4) is 0 Å². The van der Waals surface area contributed by atoms with Crippen LogP contribution in [0.5, 0.6) is 0 Å². The van der Waals surface area contributed by atoms with Crippen molar-refractivity contribution in [2.24, 2.45) is 0 Å². The molecule has 1 fully saturated rings. The number of nitrogen functional groups attached to an aromatic ring is 1. The van der Waals surface area contributed by atoms with E-state index in [1.165, 1.54) is 6.07 Å². The lowest BCUT2D eigenvalue weighted by Gasteiger charge is -2.36. The highest BCUT2D eigenvalue weighted by molar-refractivity contribution is 7.09. The predicted octanol–water partition coefficient (Wildman–Crippen LogP) is 3.77. The van der Waals surface area contributed by atoms with Gasteiger partial charge in [-0.2, -0.15) is 17.5 Å². The molecule has 0 bridgehead atoms. The second-order valence-electron chi connectivity index (χ2n) is 6.82. The van der Waals surface area contributed by atoms with Crippen molar-refractivity contribution in [3.63, 3.8) is 0 Å². The summed E-state index contributed by atoms with van der Waals surface area (Å²) in [5.74, 6) is -0.226. The summed E-state index contributed by atoms with van der Waals surface area (Å²) in [5.41, 5.74) is 7.34. The number of rotatable bonds is 3. The van der Waals surface area contributed by atoms with Crippen molar-refractivity contribution >= 4 is 28.8 Å². The lowest BCUT2D eigenvalue weighted by atomic mass is 10.1. The maximum absolute atomic E-state index is 13.0. The Morgan fingerprint density at radius 3 is 2.50 bits per heavy atom. The molecule has 1 amide bonds. The SMILES string of the molecule is Nc1c(-c2ccccn2)nsc1C(=O)N1CCN(c2cccc(C(F)(F)F)c2)CC1. The first-order valence-electron chi connectivity index (χ1n) is 9.22. The smallest absolute Gasteiger partial charge is 0.396 e. The lowest BCUT2D eigenvalue weighted by molar-refractivity contribution is -0.137. The van der Waals surface area contributed by atoms with E-state index in [-0.39, 0.29) is 5.91 Å². The van der Waals surface area contributed by atoms with Crippen molar-refractivity contribution in [2.45, 2.75) is 6.18 Å². The summed E-state index contributed by atoms with van der Waals surface area (Å²) in [5, 5.41) is 0. The van der Waals surface area contributed by atoms with Gasteiger partial charge in [0.1, 0.15) is 10.6 Å². The highest BCUT2D eigenvalue weighted by Gasteiger charge is 2.32. The lowest BCUT2D eigenvalue weighted by Crippen LogP contribution is -2.48. The van der Waals surface area contributed by atoms with Gasteiger partial charge in [-0.25, -0.2) is 0 Å². The number of benzene rings is 1. The molecule has 4 rings (SSSR count). The Hall–Kier alpha value is -3.14. The van der Waals surface area contributed by atoms with E-state index in [0.717, 1.165) is 23.7 Å². The Labute approximate surface area is 174 Å². The van der Waals surface area contributed by atoms with Crippen LogP contribution in [0, 0.1) is 0 Å². The number of alkyl halides is 3. The van der Waals surface area contributed by atoms with Crippen molar-refractivity contribution in [3.05, 3.63) is 59.1 Å². The topological polar surface area (TPSA) is 75.3 Å². The molecule has 156 valence electrons. The van der Waals surface area contributed by atoms with E-state index in [4.69, 9.17) is 5.73 Å². The fraction of sp³-hybridized carbons (Fsp3) is 0.250. The van der Waals surface area contributed by atoms with E-state index in [1.807, 2.05) is 11.0 Å². The largest absolute Gasteiger partial charge is 0.416 e. The number of halogens is 3. The number of nitrogens with zero attached hydrogens (tertiary/aromatic N) is 4. The van der Waals surface area contributed by atoms with Crippen LogP contribution in [0.1, 0.15) is 15.2 Å². The number of aromatic nitrogens is 2. The Morgan fingerprint density at radius 1 is 1.07 bits per heavy atom. The van der Waals surface area contributed by atoms with E-state index in [1.54, 1.807) is 29.3 Å². The standard InChI is InChI=1S/C20H18F3N5OS/c21-20(22,23)13-4-3-5-14(12-13)27-8-10-28(11-9-27)19(29)18-16(24)17(26-30-18)15-6-1-2-7-25-15/h1-7,12H,8-11,24H2. The molecular formula is C20H18F3N5OS. The normalized spacial score (nSPS) is 14.8. The van der Waals surface area contributed by atoms with Gasteiger partial charge in [0, 0.05) is 38.1 Å². The minimum Gasteiger partial charge on any atom is -0.396 e. The Kier molecular flexibility index (Phi) is 5.33. The number of hydrogen-bond donors (Lipinski definition) is 1. The van der Waals surface area contributed by atoms with Gasteiger partial charge in [-0.15, -0.1) is 0 Å². The summed E-state index contributed by atoms with van der Waals surface area (Å²) >= 11 is 1.03. The van der Waals surface area contributed by atoms with Crippen LogP contribution in [0.4, 0.5) is 24.5 Å². The van der Waals surface area contributed by atoms with Crippen LogP contribution in [0.2, 0.25) is 0 Å². The maximum atomic E-state index is 13.0. The third-order valence-corrected chi connectivity index (χ3v) is 5.79. The van der Waals surface area contributed by atoms with Gasteiger partial charge in [0.25, 0.3) is 5.91 Å². The molecule has 1 saturated heterocycles. The van der Waals surface area contributed by atoms with Crippen molar-refractivity contribution < 1.29 is 18.0 Å². The van der Waals surface area contributed by atoms with Gasteiger partial charge in [0.05, 0.1) is 16.9 Å². The van der Waals surface area contributed by atoms with Gasteiger partial charge >= 0.3 is 6.18 Å². The quantitative estimate of drug-likeness (QED) is 0.681. The molecule has 0 aliphatic carbocycles. The van der Waals surface area contributed by atoms with E-state index in [2.05, 4.69) is 9.36 Å². The highest BCUT2D eigenvalue weighted by Crippen LogP contribution is 2.33. The van der Waals surface area contributed by atoms with E-state index in [9.17, 15) is 18.0 Å². The molecule has 0 radical (unpaired) electrons. The summed E-state index contributed by atoms with van der Waals surface area (Å²) in [6.07, 6.45) is -2.76. The number of anilines is 2. The third-order valence-electron chi connectivity index (χ3n) is 4.94. The number of carbonyl (C=O) groups is 1. The zero-order chi connectivity index (χ0) is 21.3. The number of carbonyl (C=O) groups excluding carboxylic acids is 1. The van der Waals surface area contributed by atoms with Crippen molar-refractivity contribution in [2.75, 3.05) is 36.8 Å². The van der Waals surface area contributed by atoms with E-state index < -0.39 is 11.7 Å². The number of nitrogens with two attached hydrogens (primary N) is 1. The average molecular weight is 433 g/mol. The molecule has 3 aromatic rings. The number of piperazine rings is 1. The summed E-state index contributed by atoms with van der Waals surface area (Å²) in [4.78, 5) is 21.0. The van der Waals surface area contributed by atoms with E-state index >= 15 is 0 Å². The molecule has 10 heteroatoms. The molecule has 2 aromatic heterocycles. The van der Waals surface area contributed by atoms with Gasteiger partial charge in [-0.1, -0.05) is 12.1 Å². The van der Waals surface area contributed by atoms with E-state index in [0.29, 0.717) is 53.8 Å². The van der Waals surface area contributed by atoms with Gasteiger partial charge in [-0.3, -0.25) is 9.78 Å². The minimum absolute atomic E-state index is 0.226. The van der Waals surface area contributed by atoms with Gasteiger partial charge in [-0.05, 0) is 41.9 Å². The molecule has 0 spiro atoms. The van der Waals surface area contributed by atoms with Crippen LogP contribution in [0.25, 0.3) is 11.4 Å². The number of amides is 1. The van der Waals surface area contributed by atoms with Crippen LogP contribution < -0.4 is 10.6 Å². The second-order valence-corrected chi connectivity index (χ2v) is 7.59. The summed E-state index contributed by atoms with van der Waals surface area (Å²) in [6, 6.07) is 10.6. The third kappa shape index (κ3) is 3.95. The molecule has 0 unspecified atom stereocenters. The zero-order valence-corrected chi connectivity index (χ0v) is 16.6. The van der Waals surface area contributed by atoms with Crippen LogP contribution in [-0.2, 0) is 6.18 Å². The fourth-order valence-electron chi connectivity index (χ4n) is 3.33. The molecule has 30 heavy (non-hydrogen) atoms. The second kappa shape index (κ2) is 7.94. The molecule has 1 aliphatic heterocycles. The van der Waals surface area contributed by atoms with Gasteiger partial charge in [0.15, 0.2) is 0 Å². The molecule has 1 aliphatic rings. The highest BCUT2D eigenvalue weighted by atomic mass is 32.1. The summed E-state index contributed by atoms with van der Waals surface area (Å²) in [7, 11) is 0. The van der Waals surface area contributed by atoms with Crippen molar-refractivity contribution in [1.82, 2.24) is 14.3 Å². The fourth-order valence-corrected chi connectivity index (χ4v) is 4.11. The molecule has 0 atom stereocenters. The zero-order valence-electron chi connectivity index (χ0n) is 15.8. The van der Waals surface area contributed by atoms with Gasteiger partial charge < -0.3 is 15.5 Å². The van der Waals surface area contributed by atoms with Crippen LogP contribution in [0.15, 0.2) is 48.7 Å². The summed E-state index contributed by atoms with van der Waals surface area (Å²) < 4.78 is 43.2. The predicted molar refractivity (Wildman–Crippen MR) is 109 cm³/mol. The Bertz CT molecular complexity index is 1050. The van der Waals surface area contributed by atoms with Crippen molar-refractivity contribution in [1.29, 1.82) is 0 Å². The molecule has 3 heterocycles. The number of hydrogen-bond acceptors (Lipinski definition) is 6. The molecule has 2 N–H and O–H groups in total. The van der Waals surface area contributed by atoms with Crippen LogP contribution >= 0.6 is 11.5 Å². The summed E-state index contributed by atoms with van der Waals surface area (Å²) in [6.45, 7) is 1.62. The minimum atomic E-state index is -4.39. The molecule has 6 nitrogen and oxygen atoms in total. The van der Waals surface area contributed by atoms with Crippen LogP contribution in [-0.4, -0.2) is 46.3 Å². The monoisotopic (exact) mass is 433 g/mol.